The predicted molar refractivity (Wildman–Crippen MR) is 97.1 cm³/mol. The molecule has 1 amide bonds. The van der Waals surface area contributed by atoms with E-state index in [2.05, 4.69) is 5.32 Å². The Hall–Kier alpha value is -1.71. The number of anilines is 1. The van der Waals surface area contributed by atoms with Crippen molar-refractivity contribution in [1.29, 1.82) is 0 Å². The van der Waals surface area contributed by atoms with E-state index in [1.807, 2.05) is 49.1 Å². The molecule has 0 aliphatic rings. The first-order chi connectivity index (χ1) is 11.0. The summed E-state index contributed by atoms with van der Waals surface area (Å²) in [4.78, 5) is 14.4. The second-order valence-corrected chi connectivity index (χ2v) is 6.34. The van der Waals surface area contributed by atoms with E-state index in [4.69, 9.17) is 23.2 Å². The van der Waals surface area contributed by atoms with E-state index in [1.165, 1.54) is 0 Å². The van der Waals surface area contributed by atoms with Crippen molar-refractivity contribution in [2.75, 3.05) is 11.9 Å². The van der Waals surface area contributed by atoms with Crippen molar-refractivity contribution in [1.82, 2.24) is 4.90 Å². The van der Waals surface area contributed by atoms with E-state index >= 15 is 0 Å². The summed E-state index contributed by atoms with van der Waals surface area (Å²) in [6.07, 6.45) is 0. The third-order valence-electron chi connectivity index (χ3n) is 3.52. The van der Waals surface area contributed by atoms with Gasteiger partial charge in [0, 0.05) is 12.6 Å². The van der Waals surface area contributed by atoms with Crippen LogP contribution in [0, 0.1) is 0 Å². The van der Waals surface area contributed by atoms with E-state index in [0.717, 1.165) is 5.56 Å². The molecule has 0 heterocycles. The number of amides is 1. The Morgan fingerprint density at radius 2 is 1.78 bits per heavy atom. The molecule has 0 unspecified atom stereocenters. The normalized spacial score (nSPS) is 10.7. The first kappa shape index (κ1) is 17.6. The van der Waals surface area contributed by atoms with Gasteiger partial charge in [0.2, 0.25) is 5.91 Å². The molecule has 0 aliphatic carbocycles. The number of hydrogen-bond acceptors (Lipinski definition) is 2. The van der Waals surface area contributed by atoms with E-state index in [9.17, 15) is 4.79 Å². The molecule has 23 heavy (non-hydrogen) atoms. The van der Waals surface area contributed by atoms with Crippen molar-refractivity contribution >= 4 is 34.8 Å². The maximum Gasteiger partial charge on any atom is 0.242 e. The van der Waals surface area contributed by atoms with Crippen molar-refractivity contribution in [3.8, 4) is 0 Å². The molecule has 0 spiro atoms. The molecule has 0 aliphatic heterocycles. The van der Waals surface area contributed by atoms with Crippen LogP contribution in [0.4, 0.5) is 5.69 Å². The quantitative estimate of drug-likeness (QED) is 0.807. The number of hydrogen-bond donors (Lipinski definition) is 1. The molecule has 0 aromatic heterocycles. The summed E-state index contributed by atoms with van der Waals surface area (Å²) in [6, 6.07) is 15.4. The number of benzene rings is 2. The zero-order chi connectivity index (χ0) is 16.8. The molecular weight excluding hydrogens is 331 g/mol. The Bertz CT molecular complexity index is 659. The summed E-state index contributed by atoms with van der Waals surface area (Å²) in [5.41, 5.74) is 1.77. The molecule has 2 aromatic rings. The van der Waals surface area contributed by atoms with Gasteiger partial charge in [0.25, 0.3) is 0 Å². The Kier molecular flexibility index (Phi) is 6.31. The van der Waals surface area contributed by atoms with Crippen LogP contribution in [0.2, 0.25) is 10.0 Å². The van der Waals surface area contributed by atoms with Crippen molar-refractivity contribution < 1.29 is 4.79 Å². The fourth-order valence-corrected chi connectivity index (χ4v) is 2.62. The Labute approximate surface area is 147 Å². The maximum atomic E-state index is 12.5. The molecule has 0 atom stereocenters. The smallest absolute Gasteiger partial charge is 0.242 e. The lowest BCUT2D eigenvalue weighted by molar-refractivity contribution is -0.131. The highest BCUT2D eigenvalue weighted by Gasteiger charge is 2.17. The molecule has 0 radical (unpaired) electrons. The fraction of sp³-hybridized carbons (Fsp3) is 0.278. The predicted octanol–water partition coefficient (Wildman–Crippen LogP) is 4.84. The summed E-state index contributed by atoms with van der Waals surface area (Å²) in [6.45, 7) is 4.77. The lowest BCUT2D eigenvalue weighted by Gasteiger charge is -2.27. The van der Waals surface area contributed by atoms with Crippen molar-refractivity contribution in [3.05, 3.63) is 64.1 Å². The van der Waals surface area contributed by atoms with Crippen molar-refractivity contribution in [2.45, 2.75) is 26.4 Å². The molecule has 2 rings (SSSR count). The van der Waals surface area contributed by atoms with Gasteiger partial charge in [-0.05, 0) is 31.5 Å². The van der Waals surface area contributed by atoms with Gasteiger partial charge in [0.1, 0.15) is 0 Å². The lowest BCUT2D eigenvalue weighted by Crippen LogP contribution is -2.39. The van der Waals surface area contributed by atoms with E-state index in [-0.39, 0.29) is 18.5 Å². The van der Waals surface area contributed by atoms with Crippen LogP contribution in [0.5, 0.6) is 0 Å². The topological polar surface area (TPSA) is 32.3 Å². The van der Waals surface area contributed by atoms with Crippen LogP contribution in [0.25, 0.3) is 0 Å². The highest BCUT2D eigenvalue weighted by atomic mass is 35.5. The number of halogens is 2. The van der Waals surface area contributed by atoms with Gasteiger partial charge in [-0.25, -0.2) is 0 Å². The molecular formula is C18H20Cl2N2O. The summed E-state index contributed by atoms with van der Waals surface area (Å²) in [7, 11) is 0. The largest absolute Gasteiger partial charge is 0.375 e. The van der Waals surface area contributed by atoms with Gasteiger partial charge in [-0.15, -0.1) is 0 Å². The number of rotatable bonds is 6. The van der Waals surface area contributed by atoms with Gasteiger partial charge < -0.3 is 10.2 Å². The van der Waals surface area contributed by atoms with Crippen LogP contribution >= 0.6 is 23.2 Å². The number of nitrogens with zero attached hydrogens (tertiary/aromatic N) is 1. The fourth-order valence-electron chi connectivity index (χ4n) is 2.25. The van der Waals surface area contributed by atoms with Gasteiger partial charge in [0.05, 0.1) is 22.3 Å². The maximum absolute atomic E-state index is 12.5. The molecule has 0 bridgehead atoms. The van der Waals surface area contributed by atoms with Crippen molar-refractivity contribution in [3.63, 3.8) is 0 Å². The summed E-state index contributed by atoms with van der Waals surface area (Å²) in [5.74, 6) is 0.0138. The third-order valence-corrected chi connectivity index (χ3v) is 4.34. The molecule has 1 N–H and O–H groups in total. The lowest BCUT2D eigenvalue weighted by atomic mass is 10.2. The van der Waals surface area contributed by atoms with Crippen LogP contribution in [0.15, 0.2) is 48.5 Å². The van der Waals surface area contributed by atoms with E-state index in [1.54, 1.807) is 18.2 Å². The Balaban J connectivity index is 2.02. The minimum absolute atomic E-state index is 0.0138. The van der Waals surface area contributed by atoms with Gasteiger partial charge in [-0.2, -0.15) is 0 Å². The highest BCUT2D eigenvalue weighted by Crippen LogP contribution is 2.29. The molecule has 122 valence electrons. The number of carbonyl (C=O) groups excluding carboxylic acids is 1. The van der Waals surface area contributed by atoms with Crippen LogP contribution < -0.4 is 5.32 Å². The molecule has 3 nitrogen and oxygen atoms in total. The van der Waals surface area contributed by atoms with Crippen LogP contribution in [0.1, 0.15) is 19.4 Å². The minimum atomic E-state index is 0.0138. The first-order valence-electron chi connectivity index (χ1n) is 7.50. The SMILES string of the molecule is CC(C)N(Cc1ccccc1)C(=O)CNc1cccc(Cl)c1Cl. The number of nitrogens with one attached hydrogen (secondary N) is 1. The van der Waals surface area contributed by atoms with Crippen LogP contribution in [-0.2, 0) is 11.3 Å². The molecule has 2 aromatic carbocycles. The molecule has 5 heteroatoms. The molecule has 0 saturated carbocycles. The van der Waals surface area contributed by atoms with Gasteiger partial charge in [0.15, 0.2) is 0 Å². The molecule has 0 saturated heterocycles. The summed E-state index contributed by atoms with van der Waals surface area (Å²) in [5, 5.41) is 3.97. The zero-order valence-corrected chi connectivity index (χ0v) is 14.7. The Morgan fingerprint density at radius 3 is 2.43 bits per heavy atom. The van der Waals surface area contributed by atoms with Crippen molar-refractivity contribution in [2.24, 2.45) is 0 Å². The summed E-state index contributed by atoms with van der Waals surface area (Å²) < 4.78 is 0. The van der Waals surface area contributed by atoms with Crippen LogP contribution in [0.3, 0.4) is 0 Å². The monoisotopic (exact) mass is 350 g/mol. The third kappa shape index (κ3) is 4.88. The number of carbonyl (C=O) groups is 1. The van der Waals surface area contributed by atoms with E-state index < -0.39 is 0 Å². The zero-order valence-electron chi connectivity index (χ0n) is 13.2. The first-order valence-corrected chi connectivity index (χ1v) is 8.26. The average molecular weight is 351 g/mol. The minimum Gasteiger partial charge on any atom is -0.375 e. The standard InChI is InChI=1S/C18H20Cl2N2O/c1-13(2)22(12-14-7-4-3-5-8-14)17(23)11-21-16-10-6-9-15(19)18(16)20/h3-10,13,21H,11-12H2,1-2H3. The second-order valence-electron chi connectivity index (χ2n) is 5.56. The van der Waals surface area contributed by atoms with Gasteiger partial charge >= 0.3 is 0 Å². The van der Waals surface area contributed by atoms with E-state index in [0.29, 0.717) is 22.3 Å². The highest BCUT2D eigenvalue weighted by molar-refractivity contribution is 6.43. The summed E-state index contributed by atoms with van der Waals surface area (Å²) >= 11 is 12.1. The van der Waals surface area contributed by atoms with Crippen LogP contribution in [-0.4, -0.2) is 23.4 Å². The second kappa shape index (κ2) is 8.23. The average Bonchev–Trinajstić information content (AvgIpc) is 2.54. The van der Waals surface area contributed by atoms with Gasteiger partial charge in [-0.1, -0.05) is 59.6 Å². The van der Waals surface area contributed by atoms with Gasteiger partial charge in [-0.3, -0.25) is 4.79 Å². The Morgan fingerprint density at radius 1 is 1.09 bits per heavy atom. The molecule has 0 fully saturated rings.